The van der Waals surface area contributed by atoms with E-state index in [2.05, 4.69) is 37.8 Å². The molecule has 0 radical (unpaired) electrons. The topological polar surface area (TPSA) is 50.2 Å². The van der Waals surface area contributed by atoms with Gasteiger partial charge in [0.25, 0.3) is 5.56 Å². The van der Waals surface area contributed by atoms with E-state index >= 15 is 0 Å². The highest BCUT2D eigenvalue weighted by molar-refractivity contribution is 9.10. The quantitative estimate of drug-likeness (QED) is 0.827. The maximum absolute atomic E-state index is 12.1. The van der Waals surface area contributed by atoms with E-state index in [0.717, 1.165) is 25.3 Å². The molecule has 2 rings (SSSR count). The van der Waals surface area contributed by atoms with Crippen LogP contribution in [0.4, 0.5) is 5.69 Å². The lowest BCUT2D eigenvalue weighted by Crippen LogP contribution is -2.35. The lowest BCUT2D eigenvalue weighted by molar-refractivity contribution is 0.377. The highest BCUT2D eigenvalue weighted by Gasteiger charge is 2.18. The third kappa shape index (κ3) is 3.49. The largest absolute Gasteiger partial charge is 0.372 e. The molecule has 0 aromatic carbocycles. The summed E-state index contributed by atoms with van der Waals surface area (Å²) in [5, 5.41) is 7.56. The zero-order valence-electron chi connectivity index (χ0n) is 11.8. The fourth-order valence-corrected chi connectivity index (χ4v) is 3.13. The van der Waals surface area contributed by atoms with Crippen molar-refractivity contribution in [1.82, 2.24) is 15.1 Å². The Labute approximate surface area is 127 Å². The van der Waals surface area contributed by atoms with Crippen molar-refractivity contribution in [3.05, 3.63) is 33.7 Å². The molecule has 0 amide bonds. The molecule has 0 atom stereocenters. The van der Waals surface area contributed by atoms with Crippen molar-refractivity contribution < 1.29 is 0 Å². The zero-order chi connectivity index (χ0) is 14.5. The van der Waals surface area contributed by atoms with Gasteiger partial charge in [0, 0.05) is 13.6 Å². The second kappa shape index (κ2) is 7.04. The first-order valence-corrected chi connectivity index (χ1v) is 7.71. The Morgan fingerprint density at radius 3 is 2.95 bits per heavy atom. The van der Waals surface area contributed by atoms with Gasteiger partial charge in [-0.05, 0) is 47.8 Å². The molecule has 1 N–H and O–H groups in total. The van der Waals surface area contributed by atoms with Crippen molar-refractivity contribution in [3.8, 4) is 0 Å². The van der Waals surface area contributed by atoms with Gasteiger partial charge in [0.15, 0.2) is 0 Å². The fourth-order valence-electron chi connectivity index (χ4n) is 2.52. The molecule has 5 nitrogen and oxygen atoms in total. The Bertz CT molecular complexity index is 522. The molecule has 2 heterocycles. The lowest BCUT2D eigenvalue weighted by atomic mass is 9.97. The van der Waals surface area contributed by atoms with Crippen LogP contribution in [0.25, 0.3) is 0 Å². The third-order valence-corrected chi connectivity index (χ3v) is 4.42. The SMILES string of the molecule is C=CCn1ncc(N(C)CC2CCNCC2)c(Br)c1=O. The normalized spacial score (nSPS) is 16.1. The predicted octanol–water partition coefficient (Wildman–Crippen LogP) is 1.63. The number of nitrogens with one attached hydrogen (secondary N) is 1. The number of piperidine rings is 1. The van der Waals surface area contributed by atoms with Crippen LogP contribution < -0.4 is 15.8 Å². The van der Waals surface area contributed by atoms with E-state index in [0.29, 0.717) is 16.9 Å². The smallest absolute Gasteiger partial charge is 0.283 e. The molecule has 6 heteroatoms. The van der Waals surface area contributed by atoms with Gasteiger partial charge in [-0.2, -0.15) is 5.10 Å². The van der Waals surface area contributed by atoms with E-state index in [1.807, 2.05) is 7.05 Å². The van der Waals surface area contributed by atoms with Gasteiger partial charge in [-0.15, -0.1) is 6.58 Å². The summed E-state index contributed by atoms with van der Waals surface area (Å²) in [5.41, 5.74) is 0.744. The Kier molecular flexibility index (Phi) is 5.37. The summed E-state index contributed by atoms with van der Waals surface area (Å²) in [7, 11) is 2.01. The van der Waals surface area contributed by atoms with E-state index < -0.39 is 0 Å². The summed E-state index contributed by atoms with van der Waals surface area (Å²) in [5.74, 6) is 0.670. The van der Waals surface area contributed by atoms with Gasteiger partial charge in [0.05, 0.1) is 18.4 Å². The van der Waals surface area contributed by atoms with Crippen LogP contribution >= 0.6 is 15.9 Å². The van der Waals surface area contributed by atoms with Crippen molar-refractivity contribution in [2.24, 2.45) is 5.92 Å². The Morgan fingerprint density at radius 1 is 1.60 bits per heavy atom. The summed E-state index contributed by atoms with van der Waals surface area (Å²) >= 11 is 3.40. The van der Waals surface area contributed by atoms with Crippen LogP contribution in [0, 0.1) is 5.92 Å². The van der Waals surface area contributed by atoms with Crippen LogP contribution in [0.2, 0.25) is 0 Å². The highest BCUT2D eigenvalue weighted by atomic mass is 79.9. The minimum atomic E-state index is -0.112. The van der Waals surface area contributed by atoms with Crippen LogP contribution in [0.1, 0.15) is 12.8 Å². The number of allylic oxidation sites excluding steroid dienone is 1. The summed E-state index contributed by atoms with van der Waals surface area (Å²) in [6.45, 7) is 7.17. The van der Waals surface area contributed by atoms with Crippen LogP contribution in [0.3, 0.4) is 0 Å². The number of hydrogen-bond acceptors (Lipinski definition) is 4. The van der Waals surface area contributed by atoms with Crippen molar-refractivity contribution >= 4 is 21.6 Å². The van der Waals surface area contributed by atoms with Gasteiger partial charge in [-0.3, -0.25) is 4.79 Å². The minimum absolute atomic E-state index is 0.112. The lowest BCUT2D eigenvalue weighted by Gasteiger charge is -2.29. The van der Waals surface area contributed by atoms with Crippen LogP contribution in [0.15, 0.2) is 28.1 Å². The molecule has 1 aliphatic rings. The molecule has 0 bridgehead atoms. The second-order valence-corrected chi connectivity index (χ2v) is 5.99. The first-order valence-electron chi connectivity index (χ1n) is 6.92. The molecular weight excluding hydrogens is 320 g/mol. The van der Waals surface area contributed by atoms with E-state index in [1.54, 1.807) is 12.3 Å². The molecule has 0 saturated carbocycles. The molecule has 20 heavy (non-hydrogen) atoms. The Morgan fingerprint density at radius 2 is 2.30 bits per heavy atom. The van der Waals surface area contributed by atoms with Crippen molar-refractivity contribution in [2.45, 2.75) is 19.4 Å². The van der Waals surface area contributed by atoms with E-state index in [1.165, 1.54) is 17.5 Å². The van der Waals surface area contributed by atoms with Gasteiger partial charge in [-0.1, -0.05) is 6.08 Å². The maximum Gasteiger partial charge on any atom is 0.283 e. The molecule has 0 spiro atoms. The van der Waals surface area contributed by atoms with Crippen LogP contribution in [-0.2, 0) is 6.54 Å². The molecule has 1 aromatic heterocycles. The Balaban J connectivity index is 2.13. The van der Waals surface area contributed by atoms with Gasteiger partial charge in [0.1, 0.15) is 4.47 Å². The average molecular weight is 341 g/mol. The summed E-state index contributed by atoms with van der Waals surface area (Å²) < 4.78 is 1.98. The first-order chi connectivity index (χ1) is 9.63. The summed E-state index contributed by atoms with van der Waals surface area (Å²) in [4.78, 5) is 14.3. The van der Waals surface area contributed by atoms with E-state index in [-0.39, 0.29) is 5.56 Å². The summed E-state index contributed by atoms with van der Waals surface area (Å²) in [6, 6.07) is 0. The minimum Gasteiger partial charge on any atom is -0.372 e. The number of rotatable bonds is 5. The molecule has 0 unspecified atom stereocenters. The van der Waals surface area contributed by atoms with Crippen molar-refractivity contribution in [3.63, 3.8) is 0 Å². The second-order valence-electron chi connectivity index (χ2n) is 5.19. The fraction of sp³-hybridized carbons (Fsp3) is 0.571. The van der Waals surface area contributed by atoms with Crippen molar-refractivity contribution in [1.29, 1.82) is 0 Å². The van der Waals surface area contributed by atoms with Gasteiger partial charge in [0.2, 0.25) is 0 Å². The number of anilines is 1. The number of aromatic nitrogens is 2. The van der Waals surface area contributed by atoms with Crippen LogP contribution in [-0.4, -0.2) is 36.5 Å². The standard InChI is InChI=1S/C14H21BrN4O/c1-3-8-19-14(20)13(15)12(9-17-19)18(2)10-11-4-6-16-7-5-11/h3,9,11,16H,1,4-8,10H2,2H3. The monoisotopic (exact) mass is 340 g/mol. The molecule has 1 saturated heterocycles. The van der Waals surface area contributed by atoms with E-state index in [4.69, 9.17) is 0 Å². The van der Waals surface area contributed by atoms with E-state index in [9.17, 15) is 4.79 Å². The zero-order valence-corrected chi connectivity index (χ0v) is 13.4. The van der Waals surface area contributed by atoms with Gasteiger partial charge >= 0.3 is 0 Å². The molecule has 1 aliphatic heterocycles. The molecule has 1 fully saturated rings. The summed E-state index contributed by atoms with van der Waals surface area (Å²) in [6.07, 6.45) is 5.78. The number of nitrogens with zero attached hydrogens (tertiary/aromatic N) is 3. The molecule has 110 valence electrons. The van der Waals surface area contributed by atoms with Gasteiger partial charge < -0.3 is 10.2 Å². The maximum atomic E-state index is 12.1. The van der Waals surface area contributed by atoms with Crippen molar-refractivity contribution in [2.75, 3.05) is 31.6 Å². The first kappa shape index (κ1) is 15.3. The van der Waals surface area contributed by atoms with Gasteiger partial charge in [-0.25, -0.2) is 4.68 Å². The average Bonchev–Trinajstić information content (AvgIpc) is 2.45. The van der Waals surface area contributed by atoms with Crippen LogP contribution in [0.5, 0.6) is 0 Å². The predicted molar refractivity (Wildman–Crippen MR) is 85.3 cm³/mol. The molecule has 1 aromatic rings. The molecular formula is C14H21BrN4O. The third-order valence-electron chi connectivity index (χ3n) is 3.67. The number of hydrogen-bond donors (Lipinski definition) is 1. The highest BCUT2D eigenvalue weighted by Crippen LogP contribution is 2.23. The Hall–Kier alpha value is -1.14. The molecule has 0 aliphatic carbocycles. The number of halogens is 1.